The third-order valence-corrected chi connectivity index (χ3v) is 4.98. The molecule has 0 spiro atoms. The lowest BCUT2D eigenvalue weighted by Crippen LogP contribution is -2.34. The van der Waals surface area contributed by atoms with Gasteiger partial charge in [0.15, 0.2) is 0 Å². The Morgan fingerprint density at radius 1 is 1.03 bits per heavy atom. The fraction of sp³-hybridized carbons (Fsp3) is 0.167. The van der Waals surface area contributed by atoms with E-state index in [4.69, 9.17) is 9.52 Å². The van der Waals surface area contributed by atoms with Crippen LogP contribution in [0.3, 0.4) is 0 Å². The van der Waals surface area contributed by atoms with E-state index in [0.717, 1.165) is 17.0 Å². The highest BCUT2D eigenvalue weighted by molar-refractivity contribution is 5.99. The van der Waals surface area contributed by atoms with Crippen molar-refractivity contribution in [3.8, 4) is 16.9 Å². The van der Waals surface area contributed by atoms with E-state index in [2.05, 4.69) is 5.32 Å². The van der Waals surface area contributed by atoms with E-state index in [-0.39, 0.29) is 11.9 Å². The zero-order valence-corrected chi connectivity index (χ0v) is 17.0. The van der Waals surface area contributed by atoms with Crippen LogP contribution in [0.1, 0.15) is 22.2 Å². The van der Waals surface area contributed by atoms with Crippen molar-refractivity contribution in [2.45, 2.75) is 6.04 Å². The Kier molecular flexibility index (Phi) is 5.77. The van der Waals surface area contributed by atoms with Gasteiger partial charge >= 0.3 is 0 Å². The maximum Gasteiger partial charge on any atom is 0.255 e. The number of benzene rings is 2. The smallest absolute Gasteiger partial charge is 0.255 e. The van der Waals surface area contributed by atoms with Crippen molar-refractivity contribution in [2.75, 3.05) is 20.6 Å². The number of carbonyl (C=O) groups excluding carboxylic acids is 1. The van der Waals surface area contributed by atoms with E-state index in [1.54, 1.807) is 17.1 Å². The summed E-state index contributed by atoms with van der Waals surface area (Å²) in [6.45, 7) is 0.421. The second kappa shape index (κ2) is 8.80. The predicted molar refractivity (Wildman–Crippen MR) is 116 cm³/mol. The molecular formula is C24H24N4O2. The molecule has 0 radical (unpaired) electrons. The van der Waals surface area contributed by atoms with Gasteiger partial charge in [0, 0.05) is 18.3 Å². The number of para-hydroxylation sites is 1. The van der Waals surface area contributed by atoms with E-state index in [9.17, 15) is 4.79 Å². The number of aromatic nitrogens is 2. The van der Waals surface area contributed by atoms with E-state index in [1.807, 2.05) is 91.8 Å². The van der Waals surface area contributed by atoms with Crippen LogP contribution in [0.4, 0.5) is 0 Å². The monoisotopic (exact) mass is 400 g/mol. The molecule has 0 aliphatic rings. The molecule has 0 bridgehead atoms. The highest BCUT2D eigenvalue weighted by Gasteiger charge is 2.22. The van der Waals surface area contributed by atoms with E-state index in [1.165, 1.54) is 0 Å². The minimum Gasteiger partial charge on any atom is -0.468 e. The second-order valence-electron chi connectivity index (χ2n) is 7.24. The van der Waals surface area contributed by atoms with Crippen LogP contribution in [0.2, 0.25) is 0 Å². The lowest BCUT2D eigenvalue weighted by molar-refractivity contribution is 0.0939. The number of furan rings is 1. The van der Waals surface area contributed by atoms with Gasteiger partial charge in [0.05, 0.1) is 23.6 Å². The molecule has 30 heavy (non-hydrogen) atoms. The molecule has 0 saturated carbocycles. The Labute approximate surface area is 175 Å². The van der Waals surface area contributed by atoms with Gasteiger partial charge in [0.1, 0.15) is 11.5 Å². The molecule has 0 aliphatic carbocycles. The van der Waals surface area contributed by atoms with E-state index < -0.39 is 0 Å². The first kappa shape index (κ1) is 19.7. The molecule has 0 unspecified atom stereocenters. The number of likely N-dealkylation sites (N-methyl/N-ethyl adjacent to an activating group) is 1. The quantitative estimate of drug-likeness (QED) is 0.506. The number of rotatable bonds is 7. The van der Waals surface area contributed by atoms with Crippen LogP contribution in [-0.2, 0) is 0 Å². The van der Waals surface area contributed by atoms with Crippen LogP contribution < -0.4 is 5.32 Å². The van der Waals surface area contributed by atoms with Crippen molar-refractivity contribution >= 4 is 5.91 Å². The SMILES string of the molecule is CN(C)[C@@H](CNC(=O)c1cn(-c2ccccc2)nc1-c1ccccc1)c1ccco1. The number of hydrogen-bond acceptors (Lipinski definition) is 4. The summed E-state index contributed by atoms with van der Waals surface area (Å²) in [5.41, 5.74) is 2.97. The predicted octanol–water partition coefficient (Wildman–Crippen LogP) is 4.17. The van der Waals surface area contributed by atoms with Crippen molar-refractivity contribution in [3.05, 3.63) is 96.6 Å². The standard InChI is InChI=1S/C24H24N4O2/c1-27(2)21(22-14-9-15-30-22)16-25-24(29)20-17-28(19-12-7-4-8-13-19)26-23(20)18-10-5-3-6-11-18/h3-15,17,21H,16H2,1-2H3,(H,25,29)/t21-/m0/s1. The molecule has 4 aromatic rings. The van der Waals surface area contributed by atoms with Crippen molar-refractivity contribution in [3.63, 3.8) is 0 Å². The molecule has 1 atom stereocenters. The fourth-order valence-corrected chi connectivity index (χ4v) is 3.37. The van der Waals surface area contributed by atoms with Crippen LogP contribution in [0.15, 0.2) is 89.7 Å². The largest absolute Gasteiger partial charge is 0.468 e. The number of carbonyl (C=O) groups is 1. The molecule has 6 nitrogen and oxygen atoms in total. The molecule has 2 aromatic carbocycles. The Bertz CT molecular complexity index is 1090. The number of nitrogens with one attached hydrogen (secondary N) is 1. The van der Waals surface area contributed by atoms with Crippen molar-refractivity contribution in [2.24, 2.45) is 0 Å². The lowest BCUT2D eigenvalue weighted by atomic mass is 10.1. The number of amides is 1. The normalized spacial score (nSPS) is 12.1. The summed E-state index contributed by atoms with van der Waals surface area (Å²) in [6.07, 6.45) is 3.43. The van der Waals surface area contributed by atoms with Gasteiger partial charge in [-0.25, -0.2) is 4.68 Å². The summed E-state index contributed by atoms with van der Waals surface area (Å²) < 4.78 is 7.28. The molecule has 2 aromatic heterocycles. The van der Waals surface area contributed by atoms with Gasteiger partial charge in [-0.15, -0.1) is 0 Å². The molecule has 0 aliphatic heterocycles. The average Bonchev–Trinajstić information content (AvgIpc) is 3.45. The van der Waals surface area contributed by atoms with Crippen molar-refractivity contribution < 1.29 is 9.21 Å². The molecule has 1 N–H and O–H groups in total. The molecule has 6 heteroatoms. The first-order valence-electron chi connectivity index (χ1n) is 9.82. The second-order valence-corrected chi connectivity index (χ2v) is 7.24. The van der Waals surface area contributed by atoms with Gasteiger partial charge in [-0.1, -0.05) is 48.5 Å². The molecule has 4 rings (SSSR count). The van der Waals surface area contributed by atoms with E-state index in [0.29, 0.717) is 17.8 Å². The van der Waals surface area contributed by atoms with Crippen molar-refractivity contribution in [1.29, 1.82) is 0 Å². The highest BCUT2D eigenvalue weighted by Crippen LogP contribution is 2.24. The van der Waals surface area contributed by atoms with Gasteiger partial charge in [-0.2, -0.15) is 5.10 Å². The fourth-order valence-electron chi connectivity index (χ4n) is 3.37. The third-order valence-electron chi connectivity index (χ3n) is 4.98. The maximum atomic E-state index is 13.2. The summed E-state index contributed by atoms with van der Waals surface area (Å²) in [4.78, 5) is 15.2. The van der Waals surface area contributed by atoms with Gasteiger partial charge in [0.25, 0.3) is 5.91 Å². The molecular weight excluding hydrogens is 376 g/mol. The first-order valence-corrected chi connectivity index (χ1v) is 9.82. The zero-order valence-electron chi connectivity index (χ0n) is 17.0. The Morgan fingerprint density at radius 2 is 1.73 bits per heavy atom. The summed E-state index contributed by atoms with van der Waals surface area (Å²) in [5, 5.41) is 7.76. The Balaban J connectivity index is 1.63. The minimum absolute atomic E-state index is 0.0618. The van der Waals surface area contributed by atoms with Crippen LogP contribution >= 0.6 is 0 Å². The van der Waals surface area contributed by atoms with Crippen molar-refractivity contribution in [1.82, 2.24) is 20.0 Å². The highest BCUT2D eigenvalue weighted by atomic mass is 16.3. The third kappa shape index (κ3) is 4.18. The molecule has 0 fully saturated rings. The van der Waals surface area contributed by atoms with Gasteiger partial charge in [-0.3, -0.25) is 9.69 Å². The topological polar surface area (TPSA) is 63.3 Å². The van der Waals surface area contributed by atoms with Gasteiger partial charge in [-0.05, 0) is 38.4 Å². The minimum atomic E-state index is -0.172. The van der Waals surface area contributed by atoms with Gasteiger partial charge in [0.2, 0.25) is 0 Å². The zero-order chi connectivity index (χ0) is 20.9. The van der Waals surface area contributed by atoms with Crippen LogP contribution in [-0.4, -0.2) is 41.2 Å². The van der Waals surface area contributed by atoms with Crippen LogP contribution in [0.5, 0.6) is 0 Å². The van der Waals surface area contributed by atoms with Crippen LogP contribution in [0.25, 0.3) is 16.9 Å². The summed E-state index contributed by atoms with van der Waals surface area (Å²) in [7, 11) is 3.92. The van der Waals surface area contributed by atoms with E-state index >= 15 is 0 Å². The molecule has 152 valence electrons. The van der Waals surface area contributed by atoms with Crippen LogP contribution in [0, 0.1) is 0 Å². The molecule has 0 saturated heterocycles. The summed E-state index contributed by atoms with van der Waals surface area (Å²) in [5.74, 6) is 0.637. The average molecular weight is 400 g/mol. The summed E-state index contributed by atoms with van der Waals surface area (Å²) >= 11 is 0. The first-order chi connectivity index (χ1) is 14.6. The number of nitrogens with zero attached hydrogens (tertiary/aromatic N) is 3. The Morgan fingerprint density at radius 3 is 2.37 bits per heavy atom. The van der Waals surface area contributed by atoms with Gasteiger partial charge < -0.3 is 9.73 Å². The summed E-state index contributed by atoms with van der Waals surface area (Å²) in [6, 6.07) is 23.2. The molecule has 1 amide bonds. The molecule has 2 heterocycles. The lowest BCUT2D eigenvalue weighted by Gasteiger charge is -2.22. The Hall–Kier alpha value is -3.64. The number of hydrogen-bond donors (Lipinski definition) is 1. The maximum absolute atomic E-state index is 13.2.